The third kappa shape index (κ3) is 3.68. The van der Waals surface area contributed by atoms with Crippen LogP contribution in [0.25, 0.3) is 6.08 Å². The van der Waals surface area contributed by atoms with Gasteiger partial charge in [-0.25, -0.2) is 0 Å². The molecule has 26 heavy (non-hydrogen) atoms. The molecule has 2 N–H and O–H groups in total. The number of hydrogen-bond acceptors (Lipinski definition) is 4. The number of aliphatic hydroxyl groups is 1. The van der Waals surface area contributed by atoms with Crippen molar-refractivity contribution >= 4 is 26.1 Å². The topological polar surface area (TPSA) is 75.6 Å². The minimum absolute atomic E-state index is 0.0555. The molecule has 0 radical (unpaired) electrons. The third-order valence-corrected chi connectivity index (χ3v) is 9.79. The molecular formula is C20H29NO4Si. The van der Waals surface area contributed by atoms with Crippen molar-refractivity contribution in [2.24, 2.45) is 0 Å². The van der Waals surface area contributed by atoms with Gasteiger partial charge in [0, 0.05) is 6.42 Å². The van der Waals surface area contributed by atoms with Crippen molar-refractivity contribution in [3.63, 3.8) is 0 Å². The van der Waals surface area contributed by atoms with E-state index in [4.69, 9.17) is 4.43 Å². The van der Waals surface area contributed by atoms with Gasteiger partial charge in [0.2, 0.25) is 5.60 Å². The lowest BCUT2D eigenvalue weighted by Gasteiger charge is -2.40. The maximum Gasteiger partial charge on any atom is 0.267 e. The number of hydrogen-bond donors (Lipinski definition) is 2. The molecule has 5 nitrogen and oxygen atoms in total. The summed E-state index contributed by atoms with van der Waals surface area (Å²) in [7, 11) is -2.35. The maximum absolute atomic E-state index is 12.6. The molecule has 1 heterocycles. The molecule has 1 aliphatic rings. The second-order valence-electron chi connectivity index (χ2n) is 8.27. The van der Waals surface area contributed by atoms with Crippen molar-refractivity contribution in [2.45, 2.75) is 64.0 Å². The lowest BCUT2D eigenvalue weighted by molar-refractivity contribution is -0.155. The number of benzene rings is 1. The monoisotopic (exact) mass is 375 g/mol. The highest BCUT2D eigenvalue weighted by molar-refractivity contribution is 6.74. The molecule has 0 aliphatic carbocycles. The Bertz CT molecular complexity index is 721. The van der Waals surface area contributed by atoms with E-state index in [2.05, 4.69) is 26.1 Å². The van der Waals surface area contributed by atoms with Gasteiger partial charge in [0.15, 0.2) is 14.1 Å². The number of nitrogens with one attached hydrogen (secondary N) is 1. The van der Waals surface area contributed by atoms with E-state index in [1.54, 1.807) is 13.0 Å². The highest BCUT2D eigenvalue weighted by atomic mass is 28.4. The third-order valence-electron chi connectivity index (χ3n) is 5.35. The lowest BCUT2D eigenvalue weighted by Crippen LogP contribution is -2.57. The van der Waals surface area contributed by atoms with Gasteiger partial charge in [-0.15, -0.1) is 0 Å². The fourth-order valence-corrected chi connectivity index (χ4v) is 3.88. The summed E-state index contributed by atoms with van der Waals surface area (Å²) in [6.45, 7) is 11.9. The standard InChI is InChI=1S/C20H29NO4Si/c1-7-16(22)20(24)17(25-26(5,6)19(2,3)4)15(21-18(20)23)13-14-11-9-8-10-12-14/h8-13,17,24H,7H2,1-6H3,(H,21,23)/b15-13-/t17-,20-/m0/s1. The van der Waals surface area contributed by atoms with Crippen LogP contribution < -0.4 is 5.32 Å². The summed E-state index contributed by atoms with van der Waals surface area (Å²) < 4.78 is 6.37. The smallest absolute Gasteiger partial charge is 0.267 e. The number of amides is 1. The van der Waals surface area contributed by atoms with Crippen molar-refractivity contribution in [3.05, 3.63) is 41.6 Å². The first-order chi connectivity index (χ1) is 11.9. The lowest BCUT2D eigenvalue weighted by atomic mass is 9.91. The first-order valence-electron chi connectivity index (χ1n) is 8.95. The van der Waals surface area contributed by atoms with Gasteiger partial charge in [-0.05, 0) is 29.8 Å². The quantitative estimate of drug-likeness (QED) is 0.612. The SMILES string of the molecule is CCC(=O)[C@@]1(O)C(=O)N/C(=C\c2ccccc2)[C@@H]1O[Si](C)(C)C(C)(C)C. The summed E-state index contributed by atoms with van der Waals surface area (Å²) in [4.78, 5) is 25.0. The van der Waals surface area contributed by atoms with E-state index in [0.29, 0.717) is 5.70 Å². The molecule has 142 valence electrons. The van der Waals surface area contributed by atoms with E-state index >= 15 is 0 Å². The summed E-state index contributed by atoms with van der Waals surface area (Å²) in [6.07, 6.45) is 0.791. The van der Waals surface area contributed by atoms with Crippen LogP contribution in [-0.4, -0.2) is 36.8 Å². The van der Waals surface area contributed by atoms with Crippen molar-refractivity contribution < 1.29 is 19.1 Å². The highest BCUT2D eigenvalue weighted by Crippen LogP contribution is 2.41. The fraction of sp³-hybridized carbons (Fsp3) is 0.500. The Hall–Kier alpha value is -1.76. The van der Waals surface area contributed by atoms with Gasteiger partial charge in [-0.2, -0.15) is 0 Å². The Morgan fingerprint density at radius 1 is 1.31 bits per heavy atom. The minimum Gasteiger partial charge on any atom is -0.404 e. The Morgan fingerprint density at radius 3 is 2.38 bits per heavy atom. The summed E-state index contributed by atoms with van der Waals surface area (Å²) in [5.41, 5.74) is -0.902. The van der Waals surface area contributed by atoms with Gasteiger partial charge in [0.25, 0.3) is 5.91 Å². The molecule has 1 fully saturated rings. The number of rotatable bonds is 5. The Morgan fingerprint density at radius 2 is 1.88 bits per heavy atom. The average molecular weight is 376 g/mol. The molecule has 0 spiro atoms. The fourth-order valence-electron chi connectivity index (χ4n) is 2.64. The molecule has 0 aromatic heterocycles. The van der Waals surface area contributed by atoms with Crippen molar-refractivity contribution in [1.29, 1.82) is 0 Å². The largest absolute Gasteiger partial charge is 0.404 e. The van der Waals surface area contributed by atoms with Crippen LogP contribution in [0.3, 0.4) is 0 Å². The molecule has 0 saturated carbocycles. The summed E-state index contributed by atoms with van der Waals surface area (Å²) in [5.74, 6) is -1.24. The van der Waals surface area contributed by atoms with Crippen LogP contribution in [0.4, 0.5) is 0 Å². The molecule has 6 heteroatoms. The predicted octanol–water partition coefficient (Wildman–Crippen LogP) is 3.26. The molecule has 1 aromatic rings. The van der Waals surface area contributed by atoms with Gasteiger partial charge in [0.05, 0.1) is 5.70 Å². The van der Waals surface area contributed by atoms with Crippen molar-refractivity contribution in [1.82, 2.24) is 5.32 Å². The van der Waals surface area contributed by atoms with Crippen LogP contribution in [0.1, 0.15) is 39.7 Å². The van der Waals surface area contributed by atoms with Crippen LogP contribution in [-0.2, 0) is 14.0 Å². The van der Waals surface area contributed by atoms with Crippen LogP contribution in [0.15, 0.2) is 36.0 Å². The summed E-state index contributed by atoms with van der Waals surface area (Å²) >= 11 is 0. The second kappa shape index (κ2) is 7.10. The number of carbonyl (C=O) groups is 2. The Labute approximate surface area is 156 Å². The predicted molar refractivity (Wildman–Crippen MR) is 105 cm³/mol. The molecule has 1 saturated heterocycles. The first-order valence-corrected chi connectivity index (χ1v) is 11.9. The molecule has 0 unspecified atom stereocenters. The highest BCUT2D eigenvalue weighted by Gasteiger charge is 2.59. The molecule has 0 bridgehead atoms. The maximum atomic E-state index is 12.6. The van der Waals surface area contributed by atoms with Crippen LogP contribution in [0, 0.1) is 0 Å². The minimum atomic E-state index is -2.35. The Kier molecular flexibility index (Phi) is 5.61. The van der Waals surface area contributed by atoms with Crippen molar-refractivity contribution in [3.8, 4) is 0 Å². The van der Waals surface area contributed by atoms with E-state index in [9.17, 15) is 14.7 Å². The van der Waals surface area contributed by atoms with E-state index in [1.807, 2.05) is 43.4 Å². The zero-order valence-corrected chi connectivity index (χ0v) is 17.4. The Balaban J connectivity index is 2.53. The molecule has 1 aliphatic heterocycles. The second-order valence-corrected chi connectivity index (χ2v) is 13.0. The zero-order valence-electron chi connectivity index (χ0n) is 16.4. The molecule has 1 aromatic carbocycles. The van der Waals surface area contributed by atoms with Gasteiger partial charge >= 0.3 is 0 Å². The van der Waals surface area contributed by atoms with Crippen LogP contribution >= 0.6 is 0 Å². The van der Waals surface area contributed by atoms with Gasteiger partial charge < -0.3 is 14.8 Å². The number of Topliss-reactive ketones (excluding diaryl/α,β-unsaturated/α-hetero) is 1. The van der Waals surface area contributed by atoms with E-state index in [1.165, 1.54) is 0 Å². The van der Waals surface area contributed by atoms with E-state index in [-0.39, 0.29) is 11.5 Å². The van der Waals surface area contributed by atoms with Crippen LogP contribution in [0.2, 0.25) is 18.1 Å². The number of carbonyl (C=O) groups excluding carboxylic acids is 2. The molecule has 1 amide bonds. The van der Waals surface area contributed by atoms with Gasteiger partial charge in [-0.1, -0.05) is 58.0 Å². The van der Waals surface area contributed by atoms with Crippen molar-refractivity contribution in [2.75, 3.05) is 0 Å². The summed E-state index contributed by atoms with van der Waals surface area (Å²) in [5, 5.41) is 13.6. The van der Waals surface area contributed by atoms with Gasteiger partial charge in [0.1, 0.15) is 6.10 Å². The molecule has 2 rings (SSSR count). The van der Waals surface area contributed by atoms with E-state index in [0.717, 1.165) is 5.56 Å². The average Bonchev–Trinajstić information content (AvgIpc) is 2.79. The van der Waals surface area contributed by atoms with Crippen LogP contribution in [0.5, 0.6) is 0 Å². The first kappa shape index (κ1) is 20.5. The molecular weight excluding hydrogens is 346 g/mol. The summed E-state index contributed by atoms with van der Waals surface area (Å²) in [6, 6.07) is 9.45. The van der Waals surface area contributed by atoms with Gasteiger partial charge in [-0.3, -0.25) is 9.59 Å². The normalized spacial score (nSPS) is 25.4. The zero-order chi connectivity index (χ0) is 19.8. The van der Waals surface area contributed by atoms with E-state index < -0.39 is 31.7 Å². The number of ketones is 1. The molecule has 2 atom stereocenters.